The Morgan fingerprint density at radius 3 is 2.87 bits per heavy atom. The molecule has 3 heteroatoms. The van der Waals surface area contributed by atoms with Gasteiger partial charge in [-0.15, -0.1) is 0 Å². The van der Waals surface area contributed by atoms with Crippen molar-refractivity contribution in [2.75, 3.05) is 13.1 Å². The van der Waals surface area contributed by atoms with E-state index >= 15 is 0 Å². The highest BCUT2D eigenvalue weighted by Gasteiger charge is 2.35. The van der Waals surface area contributed by atoms with Gasteiger partial charge in [-0.3, -0.25) is 0 Å². The van der Waals surface area contributed by atoms with Crippen LogP contribution < -0.4 is 11.1 Å². The number of nitrogens with two attached hydrogens (primary N) is 1. The minimum Gasteiger partial charge on any atom is -0.392 e. The van der Waals surface area contributed by atoms with Crippen molar-refractivity contribution in [3.8, 4) is 0 Å². The summed E-state index contributed by atoms with van der Waals surface area (Å²) >= 11 is 0. The first-order valence-corrected chi connectivity index (χ1v) is 6.42. The zero-order valence-corrected chi connectivity index (χ0v) is 9.49. The lowest BCUT2D eigenvalue weighted by Gasteiger charge is -2.42. The highest BCUT2D eigenvalue weighted by atomic mass is 16.3. The lowest BCUT2D eigenvalue weighted by molar-refractivity contribution is 0.0850. The van der Waals surface area contributed by atoms with E-state index in [0.29, 0.717) is 12.6 Å². The average molecular weight is 212 g/mol. The summed E-state index contributed by atoms with van der Waals surface area (Å²) in [6.07, 6.45) is 7.40. The smallest absolute Gasteiger partial charge is 0.0677 e. The van der Waals surface area contributed by atoms with E-state index in [1.807, 2.05) is 0 Å². The SMILES string of the molecule is NC[C@@H](O)CC1NCCC2CCCCC21. The quantitative estimate of drug-likeness (QED) is 0.650. The highest BCUT2D eigenvalue weighted by molar-refractivity contribution is 4.90. The van der Waals surface area contributed by atoms with Crippen LogP contribution in [0.25, 0.3) is 0 Å². The van der Waals surface area contributed by atoms with Crippen molar-refractivity contribution in [2.24, 2.45) is 17.6 Å². The highest BCUT2D eigenvalue weighted by Crippen LogP contribution is 2.37. The fraction of sp³-hybridized carbons (Fsp3) is 1.00. The van der Waals surface area contributed by atoms with Gasteiger partial charge < -0.3 is 16.2 Å². The van der Waals surface area contributed by atoms with Gasteiger partial charge in [-0.2, -0.15) is 0 Å². The maximum Gasteiger partial charge on any atom is 0.0677 e. The fourth-order valence-corrected chi connectivity index (χ4v) is 3.38. The van der Waals surface area contributed by atoms with E-state index in [4.69, 9.17) is 5.73 Å². The van der Waals surface area contributed by atoms with E-state index in [9.17, 15) is 5.11 Å². The van der Waals surface area contributed by atoms with Crippen LogP contribution in [0.1, 0.15) is 38.5 Å². The summed E-state index contributed by atoms with van der Waals surface area (Å²) < 4.78 is 0. The van der Waals surface area contributed by atoms with Gasteiger partial charge in [-0.1, -0.05) is 19.3 Å². The number of fused-ring (bicyclic) bond motifs is 1. The third-order valence-corrected chi connectivity index (χ3v) is 4.20. The molecule has 3 nitrogen and oxygen atoms in total. The molecule has 2 fully saturated rings. The van der Waals surface area contributed by atoms with Crippen molar-refractivity contribution in [3.63, 3.8) is 0 Å². The molecule has 0 spiro atoms. The third kappa shape index (κ3) is 2.71. The predicted octanol–water partition coefficient (Wildman–Crippen LogP) is 0.864. The molecule has 0 radical (unpaired) electrons. The van der Waals surface area contributed by atoms with Gasteiger partial charge in [0.05, 0.1) is 6.10 Å². The molecule has 1 aliphatic heterocycles. The lowest BCUT2D eigenvalue weighted by atomic mass is 9.70. The minimum absolute atomic E-state index is 0.317. The summed E-state index contributed by atoms with van der Waals surface area (Å²) in [7, 11) is 0. The maximum absolute atomic E-state index is 9.64. The molecular formula is C12H24N2O. The Morgan fingerprint density at radius 1 is 1.27 bits per heavy atom. The van der Waals surface area contributed by atoms with Crippen LogP contribution in [0.4, 0.5) is 0 Å². The number of aliphatic hydroxyl groups excluding tert-OH is 1. The van der Waals surface area contributed by atoms with Gasteiger partial charge in [-0.25, -0.2) is 0 Å². The van der Waals surface area contributed by atoms with Crippen molar-refractivity contribution in [1.82, 2.24) is 5.32 Å². The third-order valence-electron chi connectivity index (χ3n) is 4.20. The molecule has 15 heavy (non-hydrogen) atoms. The Morgan fingerprint density at radius 2 is 2.07 bits per heavy atom. The Kier molecular flexibility index (Phi) is 4.00. The Balaban J connectivity index is 1.91. The summed E-state index contributed by atoms with van der Waals surface area (Å²) in [6.45, 7) is 1.53. The molecule has 1 saturated heterocycles. The Hall–Kier alpha value is -0.120. The van der Waals surface area contributed by atoms with E-state index < -0.39 is 0 Å². The Labute approximate surface area is 92.4 Å². The van der Waals surface area contributed by atoms with Crippen molar-refractivity contribution < 1.29 is 5.11 Å². The summed E-state index contributed by atoms with van der Waals surface area (Å²) in [5, 5.41) is 13.2. The zero-order chi connectivity index (χ0) is 10.7. The van der Waals surface area contributed by atoms with Crippen molar-refractivity contribution in [3.05, 3.63) is 0 Å². The number of piperidine rings is 1. The molecule has 0 aromatic rings. The van der Waals surface area contributed by atoms with E-state index in [2.05, 4.69) is 5.32 Å². The van der Waals surface area contributed by atoms with Crippen LogP contribution in [0.3, 0.4) is 0 Å². The minimum atomic E-state index is -0.317. The van der Waals surface area contributed by atoms with Crippen LogP contribution in [-0.2, 0) is 0 Å². The second-order valence-corrected chi connectivity index (χ2v) is 5.18. The topological polar surface area (TPSA) is 58.3 Å². The van der Waals surface area contributed by atoms with Crippen LogP contribution in [-0.4, -0.2) is 30.3 Å². The summed E-state index contributed by atoms with van der Waals surface area (Å²) in [5.74, 6) is 1.71. The molecule has 3 unspecified atom stereocenters. The van der Waals surface area contributed by atoms with Gasteiger partial charge in [0.2, 0.25) is 0 Å². The Bertz CT molecular complexity index is 196. The van der Waals surface area contributed by atoms with Crippen molar-refractivity contribution in [2.45, 2.75) is 50.7 Å². The zero-order valence-electron chi connectivity index (χ0n) is 9.49. The molecule has 4 atom stereocenters. The first kappa shape index (κ1) is 11.4. The number of rotatable bonds is 3. The maximum atomic E-state index is 9.64. The average Bonchev–Trinajstić information content (AvgIpc) is 2.29. The number of nitrogens with one attached hydrogen (secondary N) is 1. The molecule has 2 aliphatic rings. The fourth-order valence-electron chi connectivity index (χ4n) is 3.38. The first-order chi connectivity index (χ1) is 7.31. The molecule has 0 bridgehead atoms. The van der Waals surface area contributed by atoms with E-state index in [0.717, 1.165) is 24.8 Å². The molecule has 4 N–H and O–H groups in total. The molecule has 2 rings (SSSR count). The van der Waals surface area contributed by atoms with Crippen LogP contribution in [0.15, 0.2) is 0 Å². The second-order valence-electron chi connectivity index (χ2n) is 5.18. The normalized spacial score (nSPS) is 38.4. The second kappa shape index (κ2) is 5.28. The largest absolute Gasteiger partial charge is 0.392 e. The van der Waals surface area contributed by atoms with Crippen LogP contribution in [0, 0.1) is 11.8 Å². The summed E-state index contributed by atoms with van der Waals surface area (Å²) in [5.41, 5.74) is 5.48. The van der Waals surface area contributed by atoms with E-state index in [1.54, 1.807) is 0 Å². The molecule has 1 heterocycles. The van der Waals surface area contributed by atoms with Gasteiger partial charge in [-0.05, 0) is 37.6 Å². The van der Waals surface area contributed by atoms with Gasteiger partial charge in [0.1, 0.15) is 0 Å². The molecular weight excluding hydrogens is 188 g/mol. The number of aliphatic hydroxyl groups is 1. The number of hydrogen-bond acceptors (Lipinski definition) is 3. The monoisotopic (exact) mass is 212 g/mol. The van der Waals surface area contributed by atoms with Crippen LogP contribution in [0.5, 0.6) is 0 Å². The van der Waals surface area contributed by atoms with E-state index in [-0.39, 0.29) is 6.10 Å². The summed E-state index contributed by atoms with van der Waals surface area (Å²) in [4.78, 5) is 0. The standard InChI is InChI=1S/C12H24N2O/c13-8-10(15)7-12-11-4-2-1-3-9(11)5-6-14-12/h9-12,14-15H,1-8,13H2/t9?,10-,11?,12?/m0/s1. The molecule has 1 saturated carbocycles. The molecule has 1 aliphatic carbocycles. The van der Waals surface area contributed by atoms with Crippen LogP contribution in [0.2, 0.25) is 0 Å². The summed E-state index contributed by atoms with van der Waals surface area (Å²) in [6, 6.07) is 0.516. The first-order valence-electron chi connectivity index (χ1n) is 6.42. The number of hydrogen-bond donors (Lipinski definition) is 3. The van der Waals surface area contributed by atoms with Gasteiger partial charge >= 0.3 is 0 Å². The van der Waals surface area contributed by atoms with Gasteiger partial charge in [0, 0.05) is 12.6 Å². The molecule has 88 valence electrons. The molecule has 0 aromatic heterocycles. The lowest BCUT2D eigenvalue weighted by Crippen LogP contribution is -2.49. The van der Waals surface area contributed by atoms with Crippen molar-refractivity contribution in [1.29, 1.82) is 0 Å². The van der Waals surface area contributed by atoms with Crippen LogP contribution >= 0.6 is 0 Å². The molecule has 0 aromatic carbocycles. The van der Waals surface area contributed by atoms with E-state index in [1.165, 1.54) is 32.1 Å². The van der Waals surface area contributed by atoms with Gasteiger partial charge in [0.15, 0.2) is 0 Å². The van der Waals surface area contributed by atoms with Gasteiger partial charge in [0.25, 0.3) is 0 Å². The molecule has 0 amide bonds. The van der Waals surface area contributed by atoms with Crippen molar-refractivity contribution >= 4 is 0 Å². The predicted molar refractivity (Wildman–Crippen MR) is 61.5 cm³/mol.